The number of hydrogen-bond donors (Lipinski definition) is 2. The van der Waals surface area contributed by atoms with Gasteiger partial charge in [0.1, 0.15) is 10.7 Å². The molecule has 24 heavy (non-hydrogen) atoms. The summed E-state index contributed by atoms with van der Waals surface area (Å²) < 4.78 is 41.5. The molecule has 0 aliphatic heterocycles. The Hall–Kier alpha value is -2.33. The van der Waals surface area contributed by atoms with Crippen molar-refractivity contribution >= 4 is 15.7 Å². The average molecular weight is 347 g/mol. The zero-order valence-corrected chi connectivity index (χ0v) is 14.3. The van der Waals surface area contributed by atoms with Gasteiger partial charge in [0.05, 0.1) is 17.3 Å². The topological polar surface area (TPSA) is 85.8 Å². The van der Waals surface area contributed by atoms with Crippen LogP contribution in [0.5, 0.6) is 0 Å². The van der Waals surface area contributed by atoms with E-state index >= 15 is 0 Å². The third-order valence-electron chi connectivity index (χ3n) is 4.38. The summed E-state index contributed by atoms with van der Waals surface area (Å²) in [6, 6.07) is 5.45. The maximum atomic E-state index is 14.0. The molecule has 7 heteroatoms. The highest BCUT2D eigenvalue weighted by Crippen LogP contribution is 2.37. The van der Waals surface area contributed by atoms with Crippen LogP contribution in [0.25, 0.3) is 0 Å². The van der Waals surface area contributed by atoms with E-state index in [4.69, 9.17) is 5.26 Å². The van der Waals surface area contributed by atoms with Gasteiger partial charge < -0.3 is 4.98 Å². The van der Waals surface area contributed by atoms with Crippen molar-refractivity contribution in [2.75, 3.05) is 4.72 Å². The molecule has 5 nitrogen and oxygen atoms in total. The van der Waals surface area contributed by atoms with Crippen LogP contribution in [-0.2, 0) is 22.9 Å². The number of nitrogens with one attached hydrogen (secondary N) is 2. The first-order valence-corrected chi connectivity index (χ1v) is 9.12. The molecule has 0 saturated carbocycles. The molecule has 3 rings (SSSR count). The maximum Gasteiger partial charge on any atom is 0.263 e. The second kappa shape index (κ2) is 5.64. The van der Waals surface area contributed by atoms with E-state index in [9.17, 15) is 12.8 Å². The number of benzene rings is 1. The Labute approximate surface area is 140 Å². The minimum absolute atomic E-state index is 0.131. The average Bonchev–Trinajstić information content (AvgIpc) is 2.91. The number of H-pyrrole nitrogens is 1. The van der Waals surface area contributed by atoms with Crippen LogP contribution >= 0.6 is 0 Å². The monoisotopic (exact) mass is 347 g/mol. The predicted octanol–water partition coefficient (Wildman–Crippen LogP) is 3.34. The van der Waals surface area contributed by atoms with Crippen molar-refractivity contribution in [2.24, 2.45) is 5.41 Å². The van der Waals surface area contributed by atoms with Gasteiger partial charge in [0.2, 0.25) is 0 Å². The third kappa shape index (κ3) is 3.02. The summed E-state index contributed by atoms with van der Waals surface area (Å²) in [5.74, 6) is -0.775. The molecule has 1 aromatic heterocycles. The third-order valence-corrected chi connectivity index (χ3v) is 5.81. The molecule has 1 aliphatic carbocycles. The summed E-state index contributed by atoms with van der Waals surface area (Å²) in [4.78, 5) is 3.21. The van der Waals surface area contributed by atoms with E-state index in [0.717, 1.165) is 30.2 Å². The van der Waals surface area contributed by atoms with Crippen LogP contribution in [-0.4, -0.2) is 13.4 Å². The molecule has 0 bridgehead atoms. The van der Waals surface area contributed by atoms with Gasteiger partial charge in [-0.15, -0.1) is 0 Å². The van der Waals surface area contributed by atoms with Gasteiger partial charge in [0, 0.05) is 11.9 Å². The predicted molar refractivity (Wildman–Crippen MR) is 88.5 cm³/mol. The number of sulfonamides is 1. The molecule has 126 valence electrons. The number of nitriles is 1. The molecular weight excluding hydrogens is 329 g/mol. The molecule has 0 saturated heterocycles. The number of halogens is 1. The summed E-state index contributed by atoms with van der Waals surface area (Å²) in [5.41, 5.74) is 1.80. The second-order valence-electron chi connectivity index (χ2n) is 6.86. The van der Waals surface area contributed by atoms with E-state index in [1.165, 1.54) is 18.3 Å². The first kappa shape index (κ1) is 16.5. The highest BCUT2D eigenvalue weighted by atomic mass is 32.2. The molecule has 0 spiro atoms. The number of fused-ring (bicyclic) bond motifs is 1. The summed E-state index contributed by atoms with van der Waals surface area (Å²) >= 11 is 0. The van der Waals surface area contributed by atoms with Crippen LogP contribution in [0.2, 0.25) is 0 Å². The standard InChI is InChI=1S/C17H18FN3O2S/c1-17(2)6-5-12-15(8-17)20-10-16(12)24(22,23)21-14-4-3-11(9-19)7-13(14)18/h3-4,7,10,20-21H,5-6,8H2,1-2H3. The van der Waals surface area contributed by atoms with Crippen molar-refractivity contribution in [2.45, 2.75) is 38.0 Å². The largest absolute Gasteiger partial charge is 0.363 e. The first-order chi connectivity index (χ1) is 11.2. The van der Waals surface area contributed by atoms with Gasteiger partial charge in [-0.25, -0.2) is 12.8 Å². The van der Waals surface area contributed by atoms with Crippen molar-refractivity contribution in [3.63, 3.8) is 0 Å². The highest BCUT2D eigenvalue weighted by Gasteiger charge is 2.31. The Bertz CT molecular complexity index is 939. The van der Waals surface area contributed by atoms with E-state index in [-0.39, 0.29) is 21.6 Å². The first-order valence-electron chi connectivity index (χ1n) is 7.63. The van der Waals surface area contributed by atoms with E-state index in [2.05, 4.69) is 23.6 Å². The summed E-state index contributed by atoms with van der Waals surface area (Å²) in [7, 11) is -3.89. The Kier molecular flexibility index (Phi) is 3.88. The van der Waals surface area contributed by atoms with Gasteiger partial charge in [-0.2, -0.15) is 5.26 Å². The SMILES string of the molecule is CC1(C)CCc2c(S(=O)(=O)Nc3ccc(C#N)cc3F)c[nH]c2C1. The van der Waals surface area contributed by atoms with Crippen molar-refractivity contribution < 1.29 is 12.8 Å². The van der Waals surface area contributed by atoms with Crippen LogP contribution in [0.3, 0.4) is 0 Å². The Morgan fingerprint density at radius 2 is 2.12 bits per heavy atom. The molecule has 1 aliphatic rings. The van der Waals surface area contributed by atoms with E-state index in [1.807, 2.05) is 6.07 Å². The molecule has 2 aromatic rings. The lowest BCUT2D eigenvalue weighted by atomic mass is 9.77. The quantitative estimate of drug-likeness (QED) is 0.893. The smallest absolute Gasteiger partial charge is 0.263 e. The number of aromatic nitrogens is 1. The van der Waals surface area contributed by atoms with E-state index in [0.29, 0.717) is 6.42 Å². The fourth-order valence-corrected chi connectivity index (χ4v) is 4.37. The molecule has 0 atom stereocenters. The summed E-state index contributed by atoms with van der Waals surface area (Å²) in [5, 5.41) is 8.75. The molecule has 0 fully saturated rings. The van der Waals surface area contributed by atoms with Crippen molar-refractivity contribution in [3.05, 3.63) is 47.0 Å². The van der Waals surface area contributed by atoms with Crippen molar-refractivity contribution in [1.82, 2.24) is 4.98 Å². The lowest BCUT2D eigenvalue weighted by Gasteiger charge is -2.29. The molecular formula is C17H18FN3O2S. The Morgan fingerprint density at radius 3 is 2.79 bits per heavy atom. The number of rotatable bonds is 3. The Balaban J connectivity index is 1.93. The van der Waals surface area contributed by atoms with Crippen molar-refractivity contribution in [3.8, 4) is 6.07 Å². The van der Waals surface area contributed by atoms with Crippen LogP contribution < -0.4 is 4.72 Å². The van der Waals surface area contributed by atoms with Crippen LogP contribution in [0.15, 0.2) is 29.3 Å². The van der Waals surface area contributed by atoms with Gasteiger partial charge in [-0.3, -0.25) is 4.72 Å². The van der Waals surface area contributed by atoms with E-state index < -0.39 is 15.8 Å². The van der Waals surface area contributed by atoms with Crippen LogP contribution in [0, 0.1) is 22.6 Å². The highest BCUT2D eigenvalue weighted by molar-refractivity contribution is 7.92. The summed E-state index contributed by atoms with van der Waals surface area (Å²) in [6.45, 7) is 4.30. The normalized spacial score (nSPS) is 16.2. The molecule has 0 unspecified atom stereocenters. The van der Waals surface area contributed by atoms with Crippen molar-refractivity contribution in [1.29, 1.82) is 5.26 Å². The van der Waals surface area contributed by atoms with Gasteiger partial charge >= 0.3 is 0 Å². The zero-order chi connectivity index (χ0) is 17.5. The molecule has 2 N–H and O–H groups in total. The van der Waals surface area contributed by atoms with Crippen LogP contribution in [0.4, 0.5) is 10.1 Å². The Morgan fingerprint density at radius 1 is 1.38 bits per heavy atom. The fourth-order valence-electron chi connectivity index (χ4n) is 3.04. The lowest BCUT2D eigenvalue weighted by molar-refractivity contribution is 0.311. The number of aromatic amines is 1. The summed E-state index contributed by atoms with van der Waals surface area (Å²) in [6.07, 6.45) is 3.81. The van der Waals surface area contributed by atoms with Gasteiger partial charge in [0.15, 0.2) is 0 Å². The molecule has 0 radical (unpaired) electrons. The fraction of sp³-hybridized carbons (Fsp3) is 0.353. The molecule has 1 aromatic carbocycles. The maximum absolute atomic E-state index is 14.0. The van der Waals surface area contributed by atoms with Gasteiger partial charge in [-0.1, -0.05) is 13.8 Å². The number of hydrogen-bond acceptors (Lipinski definition) is 3. The number of nitrogens with zero attached hydrogens (tertiary/aromatic N) is 1. The minimum atomic E-state index is -3.89. The molecule has 0 amide bonds. The van der Waals surface area contributed by atoms with Gasteiger partial charge in [0.25, 0.3) is 10.0 Å². The van der Waals surface area contributed by atoms with Crippen LogP contribution in [0.1, 0.15) is 37.1 Å². The second-order valence-corrected chi connectivity index (χ2v) is 8.51. The minimum Gasteiger partial charge on any atom is -0.363 e. The molecule has 1 heterocycles. The zero-order valence-electron chi connectivity index (χ0n) is 13.5. The lowest BCUT2D eigenvalue weighted by Crippen LogP contribution is -2.23. The van der Waals surface area contributed by atoms with E-state index in [1.54, 1.807) is 0 Å². The van der Waals surface area contributed by atoms with Gasteiger partial charge in [-0.05, 0) is 48.4 Å². The number of anilines is 1.